The molecule has 1 aliphatic heterocycles. The molecule has 118 valence electrons. The highest BCUT2D eigenvalue weighted by Crippen LogP contribution is 2.47. The summed E-state index contributed by atoms with van der Waals surface area (Å²) in [4.78, 5) is 13.6. The minimum Gasteiger partial charge on any atom is -0.463 e. The zero-order chi connectivity index (χ0) is 16.2. The number of carbonyl (C=O) groups is 1. The molecule has 0 saturated carbocycles. The summed E-state index contributed by atoms with van der Waals surface area (Å²) < 4.78 is 6.36. The lowest BCUT2D eigenvalue weighted by Gasteiger charge is -2.15. The van der Waals surface area contributed by atoms with Gasteiger partial charge in [0, 0.05) is 21.0 Å². The number of esters is 1. The highest BCUT2D eigenvalue weighted by molar-refractivity contribution is 9.10. The average molecular weight is 389 g/mol. The Kier molecular flexibility index (Phi) is 5.23. The number of thioether (sulfide) groups is 1. The molecule has 0 N–H and O–H groups in total. The second-order valence-corrected chi connectivity index (χ2v) is 7.19. The van der Waals surface area contributed by atoms with Gasteiger partial charge in [0.2, 0.25) is 0 Å². The molecule has 23 heavy (non-hydrogen) atoms. The van der Waals surface area contributed by atoms with Crippen molar-refractivity contribution in [1.29, 1.82) is 0 Å². The minimum absolute atomic E-state index is 0.0618. The molecule has 1 unspecified atom stereocenters. The number of carbonyl (C=O) groups excluding carboxylic acids is 1. The molecule has 2 aromatic rings. The Hall–Kier alpha value is -1.52. The van der Waals surface area contributed by atoms with E-state index in [0.717, 1.165) is 31.8 Å². The smallest absolute Gasteiger partial charge is 0.335 e. The largest absolute Gasteiger partial charge is 0.463 e. The normalized spacial score (nSPS) is 17.4. The summed E-state index contributed by atoms with van der Waals surface area (Å²) in [7, 11) is 0. The Morgan fingerprint density at radius 2 is 2.00 bits per heavy atom. The first-order valence-electron chi connectivity index (χ1n) is 7.55. The summed E-state index contributed by atoms with van der Waals surface area (Å²) in [5.74, 6) is 0.711. The first-order chi connectivity index (χ1) is 11.2. The molecule has 2 nitrogen and oxygen atoms in total. The maximum absolute atomic E-state index is 12.6. The van der Waals surface area contributed by atoms with Gasteiger partial charge in [-0.15, -0.1) is 11.8 Å². The van der Waals surface area contributed by atoms with Gasteiger partial charge in [-0.2, -0.15) is 0 Å². The predicted octanol–water partition coefficient (Wildman–Crippen LogP) is 5.25. The number of rotatable bonds is 4. The van der Waals surface area contributed by atoms with Crippen molar-refractivity contribution < 1.29 is 9.53 Å². The van der Waals surface area contributed by atoms with E-state index in [0.29, 0.717) is 6.61 Å². The fourth-order valence-corrected chi connectivity index (χ4v) is 4.54. The monoisotopic (exact) mass is 388 g/mol. The van der Waals surface area contributed by atoms with E-state index in [1.165, 1.54) is 0 Å². The molecule has 1 heterocycles. The van der Waals surface area contributed by atoms with E-state index in [-0.39, 0.29) is 11.9 Å². The molecule has 0 bridgehead atoms. The number of benzene rings is 2. The van der Waals surface area contributed by atoms with Crippen LogP contribution in [0.25, 0.3) is 4.91 Å². The third-order valence-electron chi connectivity index (χ3n) is 3.77. The lowest BCUT2D eigenvalue weighted by molar-refractivity contribution is -0.138. The van der Waals surface area contributed by atoms with Crippen molar-refractivity contribution in [3.8, 4) is 0 Å². The summed E-state index contributed by atoms with van der Waals surface area (Å²) in [5, 5.41) is 0. The maximum atomic E-state index is 12.6. The zero-order valence-electron chi connectivity index (χ0n) is 12.8. The van der Waals surface area contributed by atoms with Crippen LogP contribution < -0.4 is 0 Å². The van der Waals surface area contributed by atoms with Gasteiger partial charge in [0.1, 0.15) is 0 Å². The van der Waals surface area contributed by atoms with Crippen LogP contribution in [0.5, 0.6) is 0 Å². The summed E-state index contributed by atoms with van der Waals surface area (Å²) >= 11 is 5.25. The van der Waals surface area contributed by atoms with E-state index in [2.05, 4.69) is 28.1 Å². The van der Waals surface area contributed by atoms with Gasteiger partial charge in [-0.3, -0.25) is 0 Å². The van der Waals surface area contributed by atoms with Gasteiger partial charge in [0.15, 0.2) is 0 Å². The van der Waals surface area contributed by atoms with Crippen LogP contribution >= 0.6 is 27.7 Å². The van der Waals surface area contributed by atoms with Crippen molar-refractivity contribution >= 4 is 38.6 Å². The van der Waals surface area contributed by atoms with Gasteiger partial charge in [-0.1, -0.05) is 58.4 Å². The molecule has 0 aromatic heterocycles. The van der Waals surface area contributed by atoms with Gasteiger partial charge >= 0.3 is 5.97 Å². The topological polar surface area (TPSA) is 26.3 Å². The Morgan fingerprint density at radius 1 is 1.22 bits per heavy atom. The molecule has 1 atom stereocenters. The molecule has 2 aromatic carbocycles. The van der Waals surface area contributed by atoms with E-state index in [9.17, 15) is 4.79 Å². The summed E-state index contributed by atoms with van der Waals surface area (Å²) in [6.45, 7) is 2.23. The molecule has 0 fully saturated rings. The molecule has 0 radical (unpaired) electrons. The Balaban J connectivity index is 2.07. The molecule has 0 aliphatic carbocycles. The van der Waals surface area contributed by atoms with Crippen molar-refractivity contribution in [3.05, 3.63) is 75.8 Å². The highest BCUT2D eigenvalue weighted by Gasteiger charge is 2.34. The standard InChI is InChI=1S/C19H17BrO2S/c1-2-22-19(21)17-16(14-9-6-10-15(20)11-14)12-23-18(17)13-7-4-3-5-8-13/h3-11,16H,2,12H2,1H3. The van der Waals surface area contributed by atoms with Gasteiger partial charge in [-0.05, 0) is 30.2 Å². The van der Waals surface area contributed by atoms with Gasteiger partial charge in [0.05, 0.1) is 12.2 Å². The van der Waals surface area contributed by atoms with Crippen LogP contribution in [-0.2, 0) is 9.53 Å². The number of halogens is 1. The maximum Gasteiger partial charge on any atom is 0.335 e. The third-order valence-corrected chi connectivity index (χ3v) is 5.51. The van der Waals surface area contributed by atoms with Crippen LogP contribution in [0.15, 0.2) is 64.6 Å². The molecule has 4 heteroatoms. The molecular formula is C19H17BrO2S. The summed E-state index contributed by atoms with van der Waals surface area (Å²) in [6, 6.07) is 18.2. The fraction of sp³-hybridized carbons (Fsp3) is 0.211. The predicted molar refractivity (Wildman–Crippen MR) is 99.3 cm³/mol. The number of ether oxygens (including phenoxy) is 1. The van der Waals surface area contributed by atoms with Crippen LogP contribution in [0.3, 0.4) is 0 Å². The van der Waals surface area contributed by atoms with E-state index in [1.54, 1.807) is 11.8 Å². The average Bonchev–Trinajstić information content (AvgIpc) is 3.01. The molecular weight excluding hydrogens is 372 g/mol. The van der Waals surface area contributed by atoms with E-state index in [4.69, 9.17) is 4.74 Å². The lowest BCUT2D eigenvalue weighted by Crippen LogP contribution is -2.14. The molecule has 3 rings (SSSR count). The Labute approximate surface area is 149 Å². The van der Waals surface area contributed by atoms with Gasteiger partial charge in [-0.25, -0.2) is 4.79 Å². The van der Waals surface area contributed by atoms with Crippen LogP contribution in [0, 0.1) is 0 Å². The Bertz CT molecular complexity index is 740. The zero-order valence-corrected chi connectivity index (χ0v) is 15.2. The van der Waals surface area contributed by atoms with Crippen molar-refractivity contribution in [1.82, 2.24) is 0 Å². The lowest BCUT2D eigenvalue weighted by atomic mass is 9.91. The first-order valence-corrected chi connectivity index (χ1v) is 9.33. The Morgan fingerprint density at radius 3 is 2.70 bits per heavy atom. The molecule has 0 amide bonds. The first kappa shape index (κ1) is 16.3. The van der Waals surface area contributed by atoms with Gasteiger partial charge in [0.25, 0.3) is 0 Å². The van der Waals surface area contributed by atoms with Crippen LogP contribution in [-0.4, -0.2) is 18.3 Å². The van der Waals surface area contributed by atoms with Crippen molar-refractivity contribution in [2.24, 2.45) is 0 Å². The molecule has 0 saturated heterocycles. The molecule has 1 aliphatic rings. The fourth-order valence-electron chi connectivity index (χ4n) is 2.74. The third kappa shape index (κ3) is 3.54. The van der Waals surface area contributed by atoms with Crippen LogP contribution in [0.2, 0.25) is 0 Å². The van der Waals surface area contributed by atoms with E-state index >= 15 is 0 Å². The highest BCUT2D eigenvalue weighted by atomic mass is 79.9. The second-order valence-electron chi connectivity index (χ2n) is 5.25. The SMILES string of the molecule is CCOC(=O)C1=C(c2ccccc2)SCC1c1cccc(Br)c1. The van der Waals surface area contributed by atoms with Crippen LogP contribution in [0.1, 0.15) is 24.0 Å². The van der Waals surface area contributed by atoms with E-state index < -0.39 is 0 Å². The van der Waals surface area contributed by atoms with E-state index in [1.807, 2.05) is 49.4 Å². The molecule has 0 spiro atoms. The minimum atomic E-state index is -0.207. The van der Waals surface area contributed by atoms with Crippen molar-refractivity contribution in [2.75, 3.05) is 12.4 Å². The second kappa shape index (κ2) is 7.37. The summed E-state index contributed by atoms with van der Waals surface area (Å²) in [6.07, 6.45) is 0. The van der Waals surface area contributed by atoms with Gasteiger partial charge < -0.3 is 4.74 Å². The quantitative estimate of drug-likeness (QED) is 0.668. The van der Waals surface area contributed by atoms with Crippen LogP contribution in [0.4, 0.5) is 0 Å². The van der Waals surface area contributed by atoms with Crippen molar-refractivity contribution in [3.63, 3.8) is 0 Å². The number of hydrogen-bond donors (Lipinski definition) is 0. The van der Waals surface area contributed by atoms with Crippen molar-refractivity contribution in [2.45, 2.75) is 12.8 Å². The number of hydrogen-bond acceptors (Lipinski definition) is 3. The summed E-state index contributed by atoms with van der Waals surface area (Å²) in [5.41, 5.74) is 3.00.